The van der Waals surface area contributed by atoms with Crippen LogP contribution < -0.4 is 0 Å². The van der Waals surface area contributed by atoms with Gasteiger partial charge in [0.25, 0.3) is 0 Å². The number of hydrogen-bond acceptors (Lipinski definition) is 1. The minimum absolute atomic E-state index is 0.0384. The number of rotatable bonds is 7. The van der Waals surface area contributed by atoms with Crippen LogP contribution in [0.15, 0.2) is 60.7 Å². The van der Waals surface area contributed by atoms with Gasteiger partial charge in [-0.25, -0.2) is 17.6 Å². The summed E-state index contributed by atoms with van der Waals surface area (Å²) in [6, 6.07) is 16.4. The Morgan fingerprint density at radius 3 is 2.09 bits per heavy atom. The largest absolute Gasteiger partial charge is 0.206 e. The molecule has 4 aromatic carbocycles. The Labute approximate surface area is 196 Å². The maximum Gasteiger partial charge on any atom is 0.144 e. The number of hydrogen-bond donors (Lipinski definition) is 0. The Balaban J connectivity index is 1.65. The lowest BCUT2D eigenvalue weighted by atomic mass is 9.95. The molecule has 4 aromatic rings. The highest BCUT2D eigenvalue weighted by molar-refractivity contribution is 5.89. The molecule has 0 spiro atoms. The predicted molar refractivity (Wildman–Crippen MR) is 127 cm³/mol. The van der Waals surface area contributed by atoms with Crippen LogP contribution in [0.3, 0.4) is 0 Å². The number of nitrogens with zero attached hydrogens (tertiary/aromatic N) is 1. The van der Waals surface area contributed by atoms with Crippen molar-refractivity contribution < 1.29 is 17.6 Å². The van der Waals surface area contributed by atoms with Gasteiger partial charge in [0.1, 0.15) is 34.9 Å². The number of aryl methyl sites for hydroxylation is 1. The molecule has 0 saturated heterocycles. The summed E-state index contributed by atoms with van der Waals surface area (Å²) < 4.78 is 58.2. The van der Waals surface area contributed by atoms with E-state index in [1.807, 2.05) is 18.2 Å². The molecule has 5 heteroatoms. The molecule has 0 N–H and O–H groups in total. The summed E-state index contributed by atoms with van der Waals surface area (Å²) in [4.78, 5) is 0. The van der Waals surface area contributed by atoms with Crippen molar-refractivity contribution in [3.05, 3.63) is 95.1 Å². The van der Waals surface area contributed by atoms with Crippen LogP contribution in [0.5, 0.6) is 0 Å². The van der Waals surface area contributed by atoms with Crippen molar-refractivity contribution in [1.82, 2.24) is 0 Å². The zero-order chi connectivity index (χ0) is 24.2. The smallest absolute Gasteiger partial charge is 0.144 e. The zero-order valence-corrected chi connectivity index (χ0v) is 18.8. The molecule has 1 nitrogen and oxygen atoms in total. The summed E-state index contributed by atoms with van der Waals surface area (Å²) in [7, 11) is 0. The number of nitriles is 1. The fraction of sp³-hybridized carbons (Fsp3) is 0.207. The van der Waals surface area contributed by atoms with Gasteiger partial charge < -0.3 is 0 Å². The van der Waals surface area contributed by atoms with Crippen LogP contribution >= 0.6 is 0 Å². The molecule has 0 unspecified atom stereocenters. The van der Waals surface area contributed by atoms with Gasteiger partial charge in [-0.05, 0) is 53.1 Å². The van der Waals surface area contributed by atoms with Gasteiger partial charge in [-0.15, -0.1) is 0 Å². The summed E-state index contributed by atoms with van der Waals surface area (Å²) in [5.74, 6) is -3.32. The van der Waals surface area contributed by atoms with Crippen LogP contribution in [0, 0.1) is 34.6 Å². The van der Waals surface area contributed by atoms with E-state index in [4.69, 9.17) is 5.26 Å². The van der Waals surface area contributed by atoms with Crippen molar-refractivity contribution in [3.8, 4) is 28.3 Å². The average Bonchev–Trinajstić information content (AvgIpc) is 2.82. The van der Waals surface area contributed by atoms with Gasteiger partial charge in [0, 0.05) is 16.5 Å². The highest BCUT2D eigenvalue weighted by Crippen LogP contribution is 2.33. The summed E-state index contributed by atoms with van der Waals surface area (Å²) >= 11 is 0. The van der Waals surface area contributed by atoms with E-state index in [0.29, 0.717) is 10.9 Å². The molecule has 0 aliphatic rings. The van der Waals surface area contributed by atoms with Crippen molar-refractivity contribution in [2.45, 2.75) is 39.0 Å². The first-order chi connectivity index (χ1) is 16.4. The fourth-order valence-corrected chi connectivity index (χ4v) is 4.23. The van der Waals surface area contributed by atoms with Crippen molar-refractivity contribution in [2.24, 2.45) is 0 Å². The van der Waals surface area contributed by atoms with Crippen LogP contribution in [0.1, 0.15) is 43.7 Å². The summed E-state index contributed by atoms with van der Waals surface area (Å²) in [6.07, 6.45) is 5.59. The van der Waals surface area contributed by atoms with E-state index in [1.165, 1.54) is 37.5 Å². The van der Waals surface area contributed by atoms with E-state index in [0.717, 1.165) is 42.0 Å². The highest BCUT2D eigenvalue weighted by Gasteiger charge is 2.16. The van der Waals surface area contributed by atoms with Crippen LogP contribution in [0.2, 0.25) is 0 Å². The lowest BCUT2D eigenvalue weighted by Gasteiger charge is -2.11. The van der Waals surface area contributed by atoms with Crippen LogP contribution in [-0.2, 0) is 6.42 Å². The fourth-order valence-electron chi connectivity index (χ4n) is 4.23. The van der Waals surface area contributed by atoms with Gasteiger partial charge in [0.15, 0.2) is 0 Å². The van der Waals surface area contributed by atoms with Crippen LogP contribution in [-0.4, -0.2) is 0 Å². The van der Waals surface area contributed by atoms with Gasteiger partial charge in [-0.2, -0.15) is 5.26 Å². The zero-order valence-electron chi connectivity index (χ0n) is 18.8. The Morgan fingerprint density at radius 1 is 0.706 bits per heavy atom. The van der Waals surface area contributed by atoms with Crippen LogP contribution in [0.4, 0.5) is 17.6 Å². The van der Waals surface area contributed by atoms with Gasteiger partial charge in [-0.3, -0.25) is 0 Å². The number of fused-ring (bicyclic) bond motifs is 1. The second-order valence-electron chi connectivity index (χ2n) is 8.41. The number of unbranched alkanes of at least 4 members (excludes halogenated alkanes) is 3. The Kier molecular flexibility index (Phi) is 6.98. The quantitative estimate of drug-likeness (QED) is 0.199. The monoisotopic (exact) mass is 461 g/mol. The van der Waals surface area contributed by atoms with E-state index in [-0.39, 0.29) is 16.7 Å². The van der Waals surface area contributed by atoms with E-state index >= 15 is 4.39 Å². The average molecular weight is 462 g/mol. The molecule has 172 valence electrons. The molecule has 0 fully saturated rings. The normalized spacial score (nSPS) is 11.1. The standard InChI is InChI=1S/C29H23F4N/c1-2-3-4-5-6-18-7-10-23-19(13-18)9-12-24(29(23)33)20-8-11-22(26(30)14-20)21-15-27(31)25(17-34)28(32)16-21/h7-16H,2-6H2,1H3. The number of benzene rings is 4. The molecular weight excluding hydrogens is 438 g/mol. The lowest BCUT2D eigenvalue weighted by Crippen LogP contribution is -1.95. The van der Waals surface area contributed by atoms with E-state index in [9.17, 15) is 13.2 Å². The van der Waals surface area contributed by atoms with Gasteiger partial charge in [-0.1, -0.05) is 68.7 Å². The maximum atomic E-state index is 15.3. The molecule has 0 aromatic heterocycles. The molecule has 0 aliphatic heterocycles. The summed E-state index contributed by atoms with van der Waals surface area (Å²) in [5, 5.41) is 10.1. The maximum absolute atomic E-state index is 15.3. The first-order valence-corrected chi connectivity index (χ1v) is 11.3. The van der Waals surface area contributed by atoms with Crippen molar-refractivity contribution in [3.63, 3.8) is 0 Å². The second kappa shape index (κ2) is 10.1. The minimum atomic E-state index is -1.06. The molecule has 0 amide bonds. The van der Waals surface area contributed by atoms with E-state index < -0.39 is 28.8 Å². The van der Waals surface area contributed by atoms with E-state index in [2.05, 4.69) is 6.92 Å². The van der Waals surface area contributed by atoms with Crippen molar-refractivity contribution in [1.29, 1.82) is 5.26 Å². The molecule has 0 aliphatic carbocycles. The first-order valence-electron chi connectivity index (χ1n) is 11.3. The van der Waals surface area contributed by atoms with Crippen molar-refractivity contribution >= 4 is 10.8 Å². The van der Waals surface area contributed by atoms with Gasteiger partial charge >= 0.3 is 0 Å². The van der Waals surface area contributed by atoms with E-state index in [1.54, 1.807) is 12.1 Å². The number of halogens is 4. The van der Waals surface area contributed by atoms with Crippen LogP contribution in [0.25, 0.3) is 33.0 Å². The molecule has 0 atom stereocenters. The Bertz CT molecular complexity index is 1380. The molecular formula is C29H23F4N. The first kappa shape index (κ1) is 23.5. The molecule has 0 heterocycles. The van der Waals surface area contributed by atoms with Crippen molar-refractivity contribution in [2.75, 3.05) is 0 Å². The third-order valence-corrected chi connectivity index (χ3v) is 6.08. The SMILES string of the molecule is CCCCCCc1ccc2c(F)c(-c3ccc(-c4cc(F)c(C#N)c(F)c4)c(F)c3)ccc2c1. The predicted octanol–water partition coefficient (Wildman–Crippen LogP) is 8.72. The minimum Gasteiger partial charge on any atom is -0.206 e. The Hall–Kier alpha value is -3.65. The lowest BCUT2D eigenvalue weighted by molar-refractivity contribution is 0.577. The molecule has 0 bridgehead atoms. The second-order valence-corrected chi connectivity index (χ2v) is 8.41. The van der Waals surface area contributed by atoms with Gasteiger partial charge in [0.2, 0.25) is 0 Å². The molecule has 34 heavy (non-hydrogen) atoms. The molecule has 0 radical (unpaired) electrons. The summed E-state index contributed by atoms with van der Waals surface area (Å²) in [6.45, 7) is 2.17. The molecule has 4 rings (SSSR count). The topological polar surface area (TPSA) is 23.8 Å². The molecule has 0 saturated carbocycles. The van der Waals surface area contributed by atoms with Gasteiger partial charge in [0.05, 0.1) is 0 Å². The third kappa shape index (κ3) is 4.68. The Morgan fingerprint density at radius 2 is 1.41 bits per heavy atom. The highest BCUT2D eigenvalue weighted by atomic mass is 19.1. The third-order valence-electron chi connectivity index (χ3n) is 6.08. The summed E-state index contributed by atoms with van der Waals surface area (Å²) in [5.41, 5.74) is 0.921.